The van der Waals surface area contributed by atoms with E-state index < -0.39 is 14.5 Å². The summed E-state index contributed by atoms with van der Waals surface area (Å²) in [6.07, 6.45) is 36.5. The predicted molar refractivity (Wildman–Crippen MR) is 277 cm³/mol. The second-order valence-electron chi connectivity index (χ2n) is 26.5. The van der Waals surface area contributed by atoms with Gasteiger partial charge >= 0.3 is 26.4 Å². The number of esters is 2. The first-order valence-electron chi connectivity index (χ1n) is 29.2. The van der Waals surface area contributed by atoms with Crippen molar-refractivity contribution in [3.05, 3.63) is 24.8 Å². The summed E-state index contributed by atoms with van der Waals surface area (Å²) in [5, 5.41) is 9.38. The average Bonchev–Trinajstić information content (AvgIpc) is 4.15. The van der Waals surface area contributed by atoms with Gasteiger partial charge in [0.15, 0.2) is 24.8 Å². The minimum atomic E-state index is -6.00. The molecule has 0 radical (unpaired) electrons. The Bertz CT molecular complexity index is 2090. The monoisotopic (exact) mass is 1090 g/mol. The molecule has 8 fully saturated rings. The molecular formula is C56H92B2F8N6O4. The molecule has 18 atom stereocenters. The van der Waals surface area contributed by atoms with Crippen LogP contribution in [0.15, 0.2) is 24.8 Å². The van der Waals surface area contributed by atoms with Crippen LogP contribution in [0.2, 0.25) is 0 Å². The Morgan fingerprint density at radius 1 is 0.539 bits per heavy atom. The van der Waals surface area contributed by atoms with Gasteiger partial charge in [0.05, 0.1) is 24.6 Å². The molecule has 2 aromatic rings. The van der Waals surface area contributed by atoms with Crippen LogP contribution in [0.1, 0.15) is 195 Å². The first-order chi connectivity index (χ1) is 35.5. The fraction of sp³-hybridized carbons (Fsp3) is 0.893. The van der Waals surface area contributed by atoms with E-state index in [0.29, 0.717) is 58.4 Å². The molecule has 8 aliphatic carbocycles. The molecule has 432 valence electrons. The number of methoxy groups -OCH3 is 2. The number of hydrogen-bond acceptors (Lipinski definition) is 6. The molecule has 8 saturated carbocycles. The van der Waals surface area contributed by atoms with Crippen LogP contribution in [0.3, 0.4) is 0 Å². The second kappa shape index (κ2) is 23.9. The Balaban J connectivity index is 0.000000188. The topological polar surface area (TPSA) is 96.0 Å². The van der Waals surface area contributed by atoms with Gasteiger partial charge in [-0.05, 0) is 221 Å². The maximum atomic E-state index is 11.7. The summed E-state index contributed by atoms with van der Waals surface area (Å²) in [6, 6.07) is 1.17. The van der Waals surface area contributed by atoms with E-state index in [9.17, 15) is 44.1 Å². The number of nitrogens with zero attached hydrogens (tertiary/aromatic N) is 6. The standard InChI is InChI=1S/2C28H46N3O2.2BF4/c2*1-19(6-11-26(32)33-5)23-9-10-24-22-8-7-20-18-21(31-17-16-30(4)29-31)12-14-27(20,2)25(22)13-15-28(23,24)3;2*2-1(3,4)5/h2*16-17,19-25H,6-15,18H2,1-5H3;;/q2*+1;2*-1/t2*19-,20-,21+,22+,23-,24+,25+,27+,28-;;/m11../s1. The summed E-state index contributed by atoms with van der Waals surface area (Å²) in [7, 11) is -4.92. The number of hydrogen-bond donors (Lipinski definition) is 0. The van der Waals surface area contributed by atoms with Gasteiger partial charge in [-0.15, -0.1) is 18.7 Å². The van der Waals surface area contributed by atoms with Gasteiger partial charge in [0, 0.05) is 12.8 Å². The lowest BCUT2D eigenvalue weighted by atomic mass is 9.44. The summed E-state index contributed by atoms with van der Waals surface area (Å²) in [5.41, 5.74) is 1.98. The van der Waals surface area contributed by atoms with E-state index >= 15 is 0 Å². The van der Waals surface area contributed by atoms with Crippen LogP contribution < -0.4 is 9.36 Å². The third-order valence-corrected chi connectivity index (χ3v) is 23.0. The van der Waals surface area contributed by atoms with Crippen molar-refractivity contribution in [2.75, 3.05) is 14.2 Å². The zero-order chi connectivity index (χ0) is 55.8. The van der Waals surface area contributed by atoms with Gasteiger partial charge in [-0.25, -0.2) is 0 Å². The Kier molecular flexibility index (Phi) is 19.0. The largest absolute Gasteiger partial charge is 0.673 e. The molecule has 0 spiro atoms. The highest BCUT2D eigenvalue weighted by Gasteiger charge is 2.63. The van der Waals surface area contributed by atoms with Gasteiger partial charge in [-0.2, -0.15) is 0 Å². The molecule has 0 N–H and O–H groups in total. The molecule has 20 heteroatoms. The first-order valence-corrected chi connectivity index (χ1v) is 29.2. The van der Waals surface area contributed by atoms with E-state index in [0.717, 1.165) is 72.0 Å². The Hall–Kier alpha value is -3.21. The number of rotatable bonds is 10. The van der Waals surface area contributed by atoms with Crippen LogP contribution in [0.25, 0.3) is 0 Å². The normalized spacial score (nSPS) is 39.2. The zero-order valence-corrected chi connectivity index (χ0v) is 47.4. The van der Waals surface area contributed by atoms with E-state index in [4.69, 9.17) is 9.47 Å². The van der Waals surface area contributed by atoms with Crippen LogP contribution in [-0.4, -0.2) is 60.5 Å². The molecular weight excluding hydrogens is 994 g/mol. The highest BCUT2D eigenvalue weighted by molar-refractivity contribution is 6.50. The molecule has 0 aromatic carbocycles. The molecule has 0 amide bonds. The van der Waals surface area contributed by atoms with Crippen molar-refractivity contribution in [2.24, 2.45) is 107 Å². The lowest BCUT2D eigenvalue weighted by Crippen LogP contribution is -2.56. The number of carbonyl (C=O) groups excluding carboxylic acids is 2. The summed E-state index contributed by atoms with van der Waals surface area (Å²) in [4.78, 5) is 23.5. The average molecular weight is 1090 g/mol. The van der Waals surface area contributed by atoms with Gasteiger partial charge < -0.3 is 44.0 Å². The van der Waals surface area contributed by atoms with Crippen molar-refractivity contribution >= 4 is 26.4 Å². The van der Waals surface area contributed by atoms with E-state index in [1.165, 1.54) is 130 Å². The molecule has 0 bridgehead atoms. The van der Waals surface area contributed by atoms with Crippen LogP contribution in [-0.2, 0) is 33.2 Å². The van der Waals surface area contributed by atoms with Crippen molar-refractivity contribution in [3.63, 3.8) is 0 Å². The van der Waals surface area contributed by atoms with Crippen molar-refractivity contribution in [3.8, 4) is 0 Å². The smallest absolute Gasteiger partial charge is 0.469 e. The summed E-state index contributed by atoms with van der Waals surface area (Å²) in [6.45, 7) is 15.4. The van der Waals surface area contributed by atoms with Gasteiger partial charge in [0.1, 0.15) is 26.2 Å². The van der Waals surface area contributed by atoms with Crippen molar-refractivity contribution in [1.29, 1.82) is 0 Å². The molecule has 0 aliphatic heterocycles. The van der Waals surface area contributed by atoms with Crippen LogP contribution in [0.4, 0.5) is 34.5 Å². The molecule has 8 aliphatic rings. The lowest BCUT2D eigenvalue weighted by Gasteiger charge is -2.61. The fourth-order valence-electron chi connectivity index (χ4n) is 19.4. The number of halogens is 8. The Labute approximate surface area is 448 Å². The maximum absolute atomic E-state index is 11.7. The van der Waals surface area contributed by atoms with Crippen molar-refractivity contribution in [1.82, 2.24) is 19.8 Å². The Morgan fingerprint density at radius 2 is 0.868 bits per heavy atom. The minimum absolute atomic E-state index is 0.0454. The molecule has 10 rings (SSSR count). The third-order valence-electron chi connectivity index (χ3n) is 23.0. The van der Waals surface area contributed by atoms with Gasteiger partial charge in [0.2, 0.25) is 0 Å². The van der Waals surface area contributed by atoms with Gasteiger partial charge in [-0.3, -0.25) is 9.59 Å². The fourth-order valence-corrected chi connectivity index (χ4v) is 19.4. The first kappa shape index (κ1) is 60.4. The quantitative estimate of drug-likeness (QED) is 0.102. The summed E-state index contributed by atoms with van der Waals surface area (Å²) in [5.74, 6) is 9.84. The number of aromatic nitrogens is 6. The van der Waals surface area contributed by atoms with Gasteiger partial charge in [-0.1, -0.05) is 41.5 Å². The molecule has 0 saturated heterocycles. The molecule has 2 heterocycles. The summed E-state index contributed by atoms with van der Waals surface area (Å²) < 4.78 is 96.2. The lowest BCUT2D eigenvalue weighted by molar-refractivity contribution is -0.782. The highest BCUT2D eigenvalue weighted by atomic mass is 19.5. The minimum Gasteiger partial charge on any atom is -0.469 e. The van der Waals surface area contributed by atoms with E-state index in [2.05, 4.69) is 86.1 Å². The zero-order valence-electron chi connectivity index (χ0n) is 47.4. The number of ether oxygens (including phenoxy) is 2. The van der Waals surface area contributed by atoms with Crippen molar-refractivity contribution in [2.45, 2.75) is 195 Å². The maximum Gasteiger partial charge on any atom is 0.673 e. The second-order valence-corrected chi connectivity index (χ2v) is 26.5. The highest BCUT2D eigenvalue weighted by Crippen LogP contribution is 2.70. The number of fused-ring (bicyclic) bond motifs is 10. The van der Waals surface area contributed by atoms with Crippen LogP contribution >= 0.6 is 0 Å². The third kappa shape index (κ3) is 13.3. The SMILES string of the molecule is COC(=O)CC[C@@H](C)[C@H]1CC[C@H]2[C@@H]3CC[C@@H]4C[C@@H]([n+]5ccn(C)n5)CC[C@]4(C)[C@H]3CC[C@]12C.COC(=O)CC[C@@H](C)[C@H]1CC[C@H]2[C@@H]3CC[C@@H]4C[C@@H]([n+]5ccn(C)n5)CC[C@]4(C)[C@H]3CC[C@]12C.F[B-](F)(F)F.F[B-](F)(F)F. The molecule has 2 aromatic heterocycles. The van der Waals surface area contributed by atoms with E-state index in [1.54, 1.807) is 0 Å². The summed E-state index contributed by atoms with van der Waals surface area (Å²) >= 11 is 0. The van der Waals surface area contributed by atoms with Gasteiger partial charge in [0.25, 0.3) is 0 Å². The van der Waals surface area contributed by atoms with E-state index in [-0.39, 0.29) is 11.9 Å². The number of carbonyl (C=O) groups is 2. The van der Waals surface area contributed by atoms with E-state index in [1.807, 2.05) is 23.5 Å². The molecule has 0 unspecified atom stereocenters. The molecule has 10 nitrogen and oxygen atoms in total. The van der Waals surface area contributed by atoms with Crippen LogP contribution in [0, 0.1) is 92.7 Å². The van der Waals surface area contributed by atoms with Crippen molar-refractivity contribution < 1.29 is 63.0 Å². The Morgan fingerprint density at radius 3 is 1.18 bits per heavy atom. The molecule has 76 heavy (non-hydrogen) atoms. The predicted octanol–water partition coefficient (Wildman–Crippen LogP) is 13.6. The van der Waals surface area contributed by atoms with Crippen LogP contribution in [0.5, 0.6) is 0 Å². The number of aryl methyl sites for hydroxylation is 2.